The molecule has 6 aliphatic rings. The number of carbonyl (C=O) groups excluding carboxylic acids is 8. The largest absolute Gasteiger partial charge is 0.493 e. The van der Waals surface area contributed by atoms with Gasteiger partial charge in [-0.05, 0) is 77.9 Å². The third kappa shape index (κ3) is 23.2. The Balaban J connectivity index is 0.546. The zero-order valence-electron chi connectivity index (χ0n) is 61.5. The fourth-order valence-corrected chi connectivity index (χ4v) is 12.0. The lowest BCUT2D eigenvalue weighted by Crippen LogP contribution is -2.53. The Morgan fingerprint density at radius 1 is 0.537 bits per heavy atom. The maximum absolute atomic E-state index is 14.3. The van der Waals surface area contributed by atoms with Gasteiger partial charge in [0.05, 0.1) is 162 Å². The fourth-order valence-electron chi connectivity index (χ4n) is 12.0. The lowest BCUT2D eigenvalue weighted by atomic mass is 9.91. The molecule has 0 saturated carbocycles. The van der Waals surface area contributed by atoms with Crippen LogP contribution in [-0.2, 0) is 66.7 Å². The lowest BCUT2D eigenvalue weighted by Gasteiger charge is -2.32. The van der Waals surface area contributed by atoms with Crippen molar-refractivity contribution in [2.45, 2.75) is 71.0 Å². The number of ether oxygens (including phenoxy) is 14. The zero-order valence-corrected chi connectivity index (χ0v) is 61.5. The van der Waals surface area contributed by atoms with Gasteiger partial charge in [0, 0.05) is 106 Å². The van der Waals surface area contributed by atoms with Gasteiger partial charge in [0.25, 0.3) is 23.6 Å². The molecule has 580 valence electrons. The monoisotopic (exact) mass is 1500 g/mol. The van der Waals surface area contributed by atoms with E-state index in [1.54, 1.807) is 73.2 Å². The fraction of sp³-hybridized carbons (Fsp3) is 0.481. The van der Waals surface area contributed by atoms with E-state index in [1.165, 1.54) is 26.4 Å². The van der Waals surface area contributed by atoms with Crippen LogP contribution in [0.1, 0.15) is 84.7 Å². The number of aliphatic imine (C=N–C) groups is 2. The second kappa shape index (κ2) is 41.3. The first-order valence-electron chi connectivity index (χ1n) is 36.2. The van der Waals surface area contributed by atoms with Crippen molar-refractivity contribution in [2.75, 3.05) is 165 Å². The number of fused-ring (bicyclic) bond motifs is 6. The number of nitrogens with one attached hydrogen (secondary N) is 4. The molecule has 4 aromatic carbocycles. The average Bonchev–Trinajstić information content (AvgIpc) is 1.45. The highest BCUT2D eigenvalue weighted by Crippen LogP contribution is 2.43. The average molecular weight is 1500 g/mol. The summed E-state index contributed by atoms with van der Waals surface area (Å²) in [4.78, 5) is 117. The van der Waals surface area contributed by atoms with Crippen LogP contribution in [0.2, 0.25) is 0 Å². The number of hydrogen-bond acceptors (Lipinski definition) is 24. The molecule has 31 nitrogen and oxygen atoms in total. The quantitative estimate of drug-likeness (QED) is 0.0291. The smallest absolute Gasteiger partial charge is 0.260 e. The van der Waals surface area contributed by atoms with E-state index in [0.29, 0.717) is 188 Å². The van der Waals surface area contributed by atoms with E-state index in [4.69, 9.17) is 76.3 Å². The van der Waals surface area contributed by atoms with Gasteiger partial charge in [0.15, 0.2) is 34.5 Å². The number of rotatable bonds is 46. The Kier molecular flexibility index (Phi) is 30.7. The second-order valence-corrected chi connectivity index (χ2v) is 25.9. The molecule has 6 aliphatic heterocycles. The first-order valence-corrected chi connectivity index (χ1v) is 36.2. The van der Waals surface area contributed by atoms with Gasteiger partial charge in [-0.2, -0.15) is 0 Å². The van der Waals surface area contributed by atoms with Crippen molar-refractivity contribution in [2.24, 2.45) is 21.8 Å². The van der Waals surface area contributed by atoms with Gasteiger partial charge in [0.2, 0.25) is 30.4 Å². The van der Waals surface area contributed by atoms with Crippen LogP contribution >= 0.6 is 0 Å². The molecule has 31 heteroatoms. The summed E-state index contributed by atoms with van der Waals surface area (Å²) in [7, 11) is 3.02. The summed E-state index contributed by atoms with van der Waals surface area (Å²) in [6, 6.07) is 17.6. The van der Waals surface area contributed by atoms with Gasteiger partial charge in [-0.25, -0.2) is 0 Å². The van der Waals surface area contributed by atoms with E-state index >= 15 is 0 Å². The van der Waals surface area contributed by atoms with Gasteiger partial charge in [-0.15, -0.1) is 0 Å². The Labute approximate surface area is 626 Å². The summed E-state index contributed by atoms with van der Waals surface area (Å²) < 4.78 is 79.0. The van der Waals surface area contributed by atoms with Gasteiger partial charge in [-0.1, -0.05) is 32.0 Å². The molecule has 4 N–H and O–H groups in total. The van der Waals surface area contributed by atoms with Crippen molar-refractivity contribution in [1.29, 1.82) is 0 Å². The first kappa shape index (κ1) is 80.4. The number of benzene rings is 4. The first-order chi connectivity index (χ1) is 52.5. The summed E-state index contributed by atoms with van der Waals surface area (Å²) in [5.41, 5.74) is 5.79. The van der Waals surface area contributed by atoms with Crippen molar-refractivity contribution in [3.8, 4) is 34.5 Å². The molecule has 6 heterocycles. The number of anilines is 1. The topological polar surface area (TPSA) is 348 Å². The zero-order chi connectivity index (χ0) is 76.2. The van der Waals surface area contributed by atoms with Crippen molar-refractivity contribution in [3.63, 3.8) is 0 Å². The number of hydrogen-bond donors (Lipinski definition) is 4. The molecular formula is C77H95N9O22. The summed E-state index contributed by atoms with van der Waals surface area (Å²) in [6.45, 7) is 12.2. The number of imide groups is 1. The molecule has 4 unspecified atom stereocenters. The van der Waals surface area contributed by atoms with Crippen molar-refractivity contribution >= 4 is 87.9 Å². The maximum Gasteiger partial charge on any atom is 0.260 e. The van der Waals surface area contributed by atoms with Crippen LogP contribution in [0.15, 0.2) is 101 Å². The molecule has 0 spiro atoms. The van der Waals surface area contributed by atoms with E-state index in [1.807, 2.05) is 48.9 Å². The minimum atomic E-state index is -0.947. The minimum absolute atomic E-state index is 0.0104. The van der Waals surface area contributed by atoms with Crippen molar-refractivity contribution < 1.29 is 105 Å². The molecule has 4 atom stereocenters. The Bertz CT molecular complexity index is 3940. The Morgan fingerprint density at radius 3 is 1.66 bits per heavy atom. The number of methoxy groups -OCH3 is 2. The van der Waals surface area contributed by atoms with Crippen LogP contribution in [0.3, 0.4) is 0 Å². The maximum atomic E-state index is 14.3. The molecule has 0 radical (unpaired) electrons. The Morgan fingerprint density at radius 2 is 1.07 bits per heavy atom. The lowest BCUT2D eigenvalue weighted by molar-refractivity contribution is -0.137. The van der Waals surface area contributed by atoms with Gasteiger partial charge in [0.1, 0.15) is 12.1 Å². The highest BCUT2D eigenvalue weighted by molar-refractivity contribution is 6.13. The van der Waals surface area contributed by atoms with Gasteiger partial charge in [-0.3, -0.25) is 53.2 Å². The summed E-state index contributed by atoms with van der Waals surface area (Å²) in [6.07, 6.45) is 11.4. The summed E-state index contributed by atoms with van der Waals surface area (Å²) >= 11 is 0. The van der Waals surface area contributed by atoms with E-state index in [0.717, 1.165) is 27.2 Å². The molecule has 2 bridgehead atoms. The van der Waals surface area contributed by atoms with Crippen LogP contribution in [0.5, 0.6) is 34.5 Å². The van der Waals surface area contributed by atoms with Gasteiger partial charge >= 0.3 is 0 Å². The third-order valence-corrected chi connectivity index (χ3v) is 17.8. The van der Waals surface area contributed by atoms with Crippen LogP contribution in [0.4, 0.5) is 17.1 Å². The summed E-state index contributed by atoms with van der Waals surface area (Å²) in [5.74, 6) is -0.383. The van der Waals surface area contributed by atoms with Crippen molar-refractivity contribution in [3.05, 3.63) is 114 Å². The summed E-state index contributed by atoms with van der Waals surface area (Å²) in [5, 5.41) is 11.0. The highest BCUT2D eigenvalue weighted by Gasteiger charge is 2.36. The van der Waals surface area contributed by atoms with E-state index in [-0.39, 0.29) is 94.1 Å². The number of amides is 8. The van der Waals surface area contributed by atoms with Gasteiger partial charge < -0.3 is 97.4 Å². The molecular weight excluding hydrogens is 1400 g/mol. The molecule has 4 aromatic rings. The van der Waals surface area contributed by atoms with Crippen molar-refractivity contribution in [1.82, 2.24) is 30.7 Å². The second-order valence-electron chi connectivity index (χ2n) is 25.9. The highest BCUT2D eigenvalue weighted by atomic mass is 16.7. The number of nitrogens with zero attached hydrogens (tertiary/aromatic N) is 5. The predicted octanol–water partition coefficient (Wildman–Crippen LogP) is 6.01. The molecule has 0 aliphatic carbocycles. The molecule has 108 heavy (non-hydrogen) atoms. The van der Waals surface area contributed by atoms with Crippen LogP contribution in [-0.4, -0.2) is 252 Å². The van der Waals surface area contributed by atoms with Crippen LogP contribution in [0, 0.1) is 11.8 Å². The van der Waals surface area contributed by atoms with E-state index < -0.39 is 35.7 Å². The number of allylic oxidation sites excluding steroid dienone is 1. The van der Waals surface area contributed by atoms with Crippen LogP contribution < -0.4 is 49.7 Å². The molecule has 0 saturated heterocycles. The molecule has 8 amide bonds. The molecule has 0 fully saturated rings. The SMILES string of the molecule is COc1cc2c(cc1OCCCOc1cc3c(cc1OC)C(=O)N1C=C(c4ccc5c(c4)OCO5)CC1C=N3)N=CC1CC(c3ccc(NC(=O)C(C)NC(=O)C(NC(=O)CCOCCOCCOCCOCCOCCOCCOCCOCCNC(=O)CCN4C(=O)C=CC4=O)C(C)C)cc3)=CN(C1)C2=O. The van der Waals surface area contributed by atoms with Crippen LogP contribution in [0.25, 0.3) is 11.1 Å². The third-order valence-electron chi connectivity index (χ3n) is 17.8. The molecule has 10 rings (SSSR count). The van der Waals surface area contributed by atoms with E-state index in [2.05, 4.69) is 21.3 Å². The normalized spacial score (nSPS) is 16.6. The predicted molar refractivity (Wildman–Crippen MR) is 394 cm³/mol. The Hall–Kier alpha value is -10.1. The standard InChI is InChI=1S/C77H95N9O22/c1-50(2)73(83-70(88)16-21-97-23-25-99-27-29-101-31-33-103-35-36-104-34-32-102-30-28-100-26-24-98-22-17-78-69(87)15-18-85-71(89)13-14-72(85)90)75(92)81-51(3)74(91)82-57-10-7-53(8-11-57)55-37-52-44-79-61-42-67(64(95-4)40-59(61)76(93)84(46-52)47-55)105-19-6-20-106-68-43-62-60(41-65(68)96-5)77(94)86-48-56(38-58(86)45-80-62)54-9-12-63-66(39-54)108-49-107-63/h7-14,39-45,47-48,50-52,58,73H,6,15-38,46,49H2,1-5H3,(H,78,87)(H,81,92)(H,82,91)(H,83,88). The van der Waals surface area contributed by atoms with E-state index in [9.17, 15) is 38.4 Å². The molecule has 0 aromatic heterocycles. The minimum Gasteiger partial charge on any atom is -0.493 e. The number of carbonyl (C=O) groups is 8.